The molecule has 0 unspecified atom stereocenters. The first-order chi connectivity index (χ1) is 4.63. The molecule has 1 rings (SSSR count). The minimum absolute atomic E-state index is 1.01. The fourth-order valence-electron chi connectivity index (χ4n) is 1.02. The molecule has 0 amide bonds. The molecule has 0 atom stereocenters. The van der Waals surface area contributed by atoms with Crippen LogP contribution in [0.1, 0.15) is 20.3 Å². The van der Waals surface area contributed by atoms with Gasteiger partial charge in [-0.2, -0.15) is 0 Å². The van der Waals surface area contributed by atoms with Crippen LogP contribution in [-0.2, 0) is 19.4 Å². The van der Waals surface area contributed by atoms with Crippen molar-refractivity contribution in [3.8, 4) is 0 Å². The number of halogens is 2. The molecule has 0 aromatic heterocycles. The Hall–Kier alpha value is 0.943. The van der Waals surface area contributed by atoms with Crippen molar-refractivity contribution < 1.29 is 19.4 Å². The zero-order valence-corrected chi connectivity index (χ0v) is 10.0. The van der Waals surface area contributed by atoms with Crippen LogP contribution in [0.15, 0.2) is 20.5 Å². The Labute approximate surface area is 76.7 Å². The van der Waals surface area contributed by atoms with Gasteiger partial charge in [0.05, 0.1) is 0 Å². The molecule has 55 valence electrons. The number of hydrogen-bond acceptors (Lipinski definition) is 0. The molecule has 3 heteroatoms. The summed E-state index contributed by atoms with van der Waals surface area (Å²) in [5.74, 6) is 0. The first kappa shape index (κ1) is 9.03. The first-order valence-electron chi connectivity index (χ1n) is 3.18. The van der Waals surface area contributed by atoms with Gasteiger partial charge in [0.1, 0.15) is 0 Å². The molecule has 10 heavy (non-hydrogen) atoms. The van der Waals surface area contributed by atoms with E-state index >= 15 is 0 Å². The molecule has 0 radical (unpaired) electrons. The van der Waals surface area contributed by atoms with Gasteiger partial charge in [0, 0.05) is 0 Å². The van der Waals surface area contributed by atoms with E-state index in [0.717, 1.165) is 6.42 Å². The van der Waals surface area contributed by atoms with Gasteiger partial charge in [0.2, 0.25) is 0 Å². The van der Waals surface area contributed by atoms with E-state index in [0.29, 0.717) is 0 Å². The second-order valence-corrected chi connectivity index (χ2v) is 10.8. The van der Waals surface area contributed by atoms with Gasteiger partial charge in [-0.1, -0.05) is 0 Å². The molecule has 0 spiro atoms. The molecule has 1 aliphatic carbocycles. The summed E-state index contributed by atoms with van der Waals surface area (Å²) >= 11 is -2.06. The third-order valence-electron chi connectivity index (χ3n) is 1.88. The van der Waals surface area contributed by atoms with Crippen LogP contribution in [0.2, 0.25) is 0 Å². The van der Waals surface area contributed by atoms with Crippen molar-refractivity contribution in [3.05, 3.63) is 20.5 Å². The van der Waals surface area contributed by atoms with Gasteiger partial charge in [-0.3, -0.25) is 0 Å². The third kappa shape index (κ3) is 1.75. The zero-order valence-electron chi connectivity index (χ0n) is 6.04. The molecule has 1 aliphatic rings. The second kappa shape index (κ2) is 3.56. The van der Waals surface area contributed by atoms with Crippen LogP contribution in [-0.4, -0.2) is 0 Å². The maximum atomic E-state index is 5.92. The Morgan fingerprint density at radius 1 is 1.40 bits per heavy atom. The SMILES string of the molecule is CC1=CC[C]([Zr]([Cl])[Cl])=C1C. The van der Waals surface area contributed by atoms with E-state index in [1.807, 2.05) is 0 Å². The molecule has 0 aromatic rings. The van der Waals surface area contributed by atoms with E-state index < -0.39 is 19.4 Å². The van der Waals surface area contributed by atoms with Crippen molar-refractivity contribution in [3.63, 3.8) is 0 Å². The Bertz CT molecular complexity index is 204. The molecule has 0 fully saturated rings. The molecule has 0 aliphatic heterocycles. The first-order valence-corrected chi connectivity index (χ1v) is 10.7. The van der Waals surface area contributed by atoms with Gasteiger partial charge in [0.25, 0.3) is 0 Å². The number of hydrogen-bond donors (Lipinski definition) is 0. The summed E-state index contributed by atoms with van der Waals surface area (Å²) in [4.78, 5) is 0. The summed E-state index contributed by atoms with van der Waals surface area (Å²) in [6, 6.07) is 0. The Balaban J connectivity index is 2.84. The monoisotopic (exact) mass is 253 g/mol. The van der Waals surface area contributed by atoms with E-state index in [-0.39, 0.29) is 0 Å². The van der Waals surface area contributed by atoms with E-state index in [4.69, 9.17) is 17.0 Å². The summed E-state index contributed by atoms with van der Waals surface area (Å²) in [6.07, 6.45) is 3.22. The van der Waals surface area contributed by atoms with Crippen molar-refractivity contribution in [2.75, 3.05) is 0 Å². The van der Waals surface area contributed by atoms with Crippen molar-refractivity contribution in [1.82, 2.24) is 0 Å². The fraction of sp³-hybridized carbons (Fsp3) is 0.429. The Kier molecular flexibility index (Phi) is 3.22. The maximum absolute atomic E-state index is 5.92. The van der Waals surface area contributed by atoms with E-state index in [2.05, 4.69) is 19.9 Å². The molecular formula is C7H9Cl2Zr. The molecular weight excluding hydrogens is 246 g/mol. The summed E-state index contributed by atoms with van der Waals surface area (Å²) in [7, 11) is 11.8. The van der Waals surface area contributed by atoms with Crippen molar-refractivity contribution in [2.45, 2.75) is 20.3 Å². The van der Waals surface area contributed by atoms with E-state index in [9.17, 15) is 0 Å². The molecule has 0 bridgehead atoms. The molecule has 0 nitrogen and oxygen atoms in total. The van der Waals surface area contributed by atoms with Gasteiger partial charge >= 0.3 is 77.2 Å². The molecule has 0 saturated carbocycles. The fourth-order valence-corrected chi connectivity index (χ4v) is 5.42. The van der Waals surface area contributed by atoms with Crippen molar-refractivity contribution >= 4 is 17.0 Å². The topological polar surface area (TPSA) is 0 Å². The Morgan fingerprint density at radius 3 is 2.20 bits per heavy atom. The van der Waals surface area contributed by atoms with Crippen molar-refractivity contribution in [1.29, 1.82) is 0 Å². The number of allylic oxidation sites excluding steroid dienone is 4. The van der Waals surface area contributed by atoms with Crippen LogP contribution in [0.25, 0.3) is 0 Å². The normalized spacial score (nSPS) is 17.8. The quantitative estimate of drug-likeness (QED) is 0.672. The van der Waals surface area contributed by atoms with Crippen LogP contribution in [0.4, 0.5) is 0 Å². The summed E-state index contributed by atoms with van der Waals surface area (Å²) in [5, 5.41) is 0. The van der Waals surface area contributed by atoms with E-state index in [1.165, 1.54) is 14.4 Å². The van der Waals surface area contributed by atoms with Gasteiger partial charge in [-0.25, -0.2) is 0 Å². The van der Waals surface area contributed by atoms with Crippen LogP contribution < -0.4 is 0 Å². The molecule has 0 aromatic carbocycles. The molecule has 0 saturated heterocycles. The van der Waals surface area contributed by atoms with E-state index in [1.54, 1.807) is 0 Å². The van der Waals surface area contributed by atoms with Gasteiger partial charge < -0.3 is 0 Å². The summed E-state index contributed by atoms with van der Waals surface area (Å²) < 4.78 is 1.35. The standard InChI is InChI=1S/C7H9.2ClH.Zr/c1-6-4-3-5-7(6)2;;;/h4H,3H2,1-2H3;2*1H;/q;;;+2/p-2. The van der Waals surface area contributed by atoms with Crippen LogP contribution >= 0.6 is 17.0 Å². The van der Waals surface area contributed by atoms with Gasteiger partial charge in [0.15, 0.2) is 0 Å². The van der Waals surface area contributed by atoms with Gasteiger partial charge in [-0.05, 0) is 0 Å². The summed E-state index contributed by atoms with van der Waals surface area (Å²) in [5.41, 5.74) is 2.70. The molecule has 0 N–H and O–H groups in total. The number of rotatable bonds is 1. The summed E-state index contributed by atoms with van der Waals surface area (Å²) in [6.45, 7) is 4.22. The third-order valence-corrected chi connectivity index (χ3v) is 7.13. The predicted octanol–water partition coefficient (Wildman–Crippen LogP) is 3.54. The van der Waals surface area contributed by atoms with Crippen LogP contribution in [0.5, 0.6) is 0 Å². The predicted molar refractivity (Wildman–Crippen MR) is 42.8 cm³/mol. The van der Waals surface area contributed by atoms with Crippen LogP contribution in [0, 0.1) is 0 Å². The zero-order chi connectivity index (χ0) is 7.72. The average Bonchev–Trinajstić information content (AvgIpc) is 2.14. The van der Waals surface area contributed by atoms with Gasteiger partial charge in [-0.15, -0.1) is 0 Å². The average molecular weight is 255 g/mol. The minimum atomic E-state index is -2.06. The van der Waals surface area contributed by atoms with Crippen LogP contribution in [0.3, 0.4) is 0 Å². The molecule has 0 heterocycles. The Morgan fingerprint density at radius 2 is 2.00 bits per heavy atom. The second-order valence-electron chi connectivity index (χ2n) is 2.46. The van der Waals surface area contributed by atoms with Crippen molar-refractivity contribution in [2.24, 2.45) is 0 Å².